The Kier molecular flexibility index (Phi) is 9.39. The second-order valence-electron chi connectivity index (χ2n) is 6.10. The fourth-order valence-corrected chi connectivity index (χ4v) is 2.65. The number of guanidine groups is 1. The highest BCUT2D eigenvalue weighted by Crippen LogP contribution is 2.18. The quantitative estimate of drug-likeness (QED) is 0.245. The number of hydrogen-bond donors (Lipinski definition) is 3. The summed E-state index contributed by atoms with van der Waals surface area (Å²) in [5, 5.41) is 9.11. The average Bonchev–Trinajstić information content (AvgIpc) is 2.93. The Bertz CT molecular complexity index is 607. The summed E-state index contributed by atoms with van der Waals surface area (Å²) in [4.78, 5) is 28.8. The number of amides is 3. The predicted molar refractivity (Wildman–Crippen MR) is 114 cm³/mol. The van der Waals surface area contributed by atoms with Gasteiger partial charge in [0.15, 0.2) is 5.96 Å². The number of carbonyl (C=O) groups is 2. The fourth-order valence-electron chi connectivity index (χ4n) is 2.65. The maximum absolute atomic E-state index is 11.6. The molecule has 0 aliphatic carbocycles. The molecule has 3 N–H and O–H groups in total. The Balaban J connectivity index is 0.00000338. The van der Waals surface area contributed by atoms with Gasteiger partial charge in [-0.3, -0.25) is 14.7 Å². The van der Waals surface area contributed by atoms with Crippen molar-refractivity contribution in [3.8, 4) is 0 Å². The highest BCUT2D eigenvalue weighted by atomic mass is 127. The highest BCUT2D eigenvalue weighted by molar-refractivity contribution is 14.0. The van der Waals surface area contributed by atoms with Gasteiger partial charge in [0.25, 0.3) is 0 Å². The van der Waals surface area contributed by atoms with Gasteiger partial charge in [0.05, 0.1) is 19.6 Å². The molecule has 2 unspecified atom stereocenters. The standard InChI is InChI=1S/C18H27N5O2.HI/c1-4-19-17(20-10-11-23-16(24)12-21-18(23)25)22-14(3)13(2)15-8-6-5-7-9-15;/h5-9,13-14H,4,10-12H2,1-3H3,(H,21,25)(H2,19,20,22);1H. The van der Waals surface area contributed by atoms with Gasteiger partial charge in [0, 0.05) is 18.5 Å². The molecule has 2 rings (SSSR count). The number of hydrogen-bond acceptors (Lipinski definition) is 3. The molecule has 0 saturated carbocycles. The molecule has 1 aromatic rings. The van der Waals surface area contributed by atoms with Gasteiger partial charge in [0.1, 0.15) is 0 Å². The van der Waals surface area contributed by atoms with Gasteiger partial charge >= 0.3 is 6.03 Å². The molecule has 2 atom stereocenters. The second kappa shape index (κ2) is 11.0. The summed E-state index contributed by atoms with van der Waals surface area (Å²) < 4.78 is 0. The van der Waals surface area contributed by atoms with Crippen molar-refractivity contribution in [3.63, 3.8) is 0 Å². The first-order valence-electron chi connectivity index (χ1n) is 8.71. The monoisotopic (exact) mass is 473 g/mol. The Labute approximate surface area is 172 Å². The van der Waals surface area contributed by atoms with Crippen LogP contribution < -0.4 is 16.0 Å². The van der Waals surface area contributed by atoms with Crippen molar-refractivity contribution >= 4 is 41.9 Å². The Morgan fingerprint density at radius 1 is 1.27 bits per heavy atom. The van der Waals surface area contributed by atoms with Gasteiger partial charge in [-0.1, -0.05) is 37.3 Å². The molecule has 0 spiro atoms. The van der Waals surface area contributed by atoms with Gasteiger partial charge in [-0.25, -0.2) is 4.79 Å². The van der Waals surface area contributed by atoms with Crippen molar-refractivity contribution in [2.75, 3.05) is 26.2 Å². The molecule has 1 aliphatic rings. The lowest BCUT2D eigenvalue weighted by Crippen LogP contribution is -2.44. The van der Waals surface area contributed by atoms with Crippen molar-refractivity contribution in [3.05, 3.63) is 35.9 Å². The third-order valence-electron chi connectivity index (χ3n) is 4.31. The molecule has 0 aromatic heterocycles. The number of nitrogens with one attached hydrogen (secondary N) is 3. The third kappa shape index (κ3) is 6.15. The fraction of sp³-hybridized carbons (Fsp3) is 0.500. The molecule has 3 amide bonds. The van der Waals surface area contributed by atoms with Crippen LogP contribution in [0.4, 0.5) is 4.79 Å². The summed E-state index contributed by atoms with van der Waals surface area (Å²) in [5.41, 5.74) is 1.26. The first-order valence-corrected chi connectivity index (χ1v) is 8.71. The van der Waals surface area contributed by atoms with E-state index in [2.05, 4.69) is 46.9 Å². The van der Waals surface area contributed by atoms with Crippen LogP contribution in [0, 0.1) is 0 Å². The zero-order valence-electron chi connectivity index (χ0n) is 15.5. The van der Waals surface area contributed by atoms with Crippen LogP contribution in [0.25, 0.3) is 0 Å². The van der Waals surface area contributed by atoms with Crippen LogP contribution in [0.5, 0.6) is 0 Å². The van der Waals surface area contributed by atoms with Crippen LogP contribution in [0.15, 0.2) is 35.3 Å². The van der Waals surface area contributed by atoms with Crippen molar-refractivity contribution in [1.29, 1.82) is 0 Å². The molecule has 1 aliphatic heterocycles. The summed E-state index contributed by atoms with van der Waals surface area (Å²) in [7, 11) is 0. The zero-order valence-corrected chi connectivity index (χ0v) is 17.8. The molecule has 1 heterocycles. The van der Waals surface area contributed by atoms with Crippen LogP contribution >= 0.6 is 24.0 Å². The molecular formula is C18H28IN5O2. The topological polar surface area (TPSA) is 85.8 Å². The summed E-state index contributed by atoms with van der Waals surface area (Å²) in [6.07, 6.45) is 0. The van der Waals surface area contributed by atoms with Gasteiger partial charge in [0.2, 0.25) is 5.91 Å². The van der Waals surface area contributed by atoms with Crippen LogP contribution in [-0.4, -0.2) is 55.0 Å². The zero-order chi connectivity index (χ0) is 18.2. The third-order valence-corrected chi connectivity index (χ3v) is 4.31. The minimum atomic E-state index is -0.343. The molecule has 8 heteroatoms. The van der Waals surface area contributed by atoms with Crippen molar-refractivity contribution in [1.82, 2.24) is 20.9 Å². The maximum atomic E-state index is 11.6. The van der Waals surface area contributed by atoms with Gasteiger partial charge in [-0.2, -0.15) is 0 Å². The first kappa shape index (κ1) is 22.2. The summed E-state index contributed by atoms with van der Waals surface area (Å²) >= 11 is 0. The van der Waals surface area contributed by atoms with E-state index >= 15 is 0 Å². The van der Waals surface area contributed by atoms with Gasteiger partial charge < -0.3 is 16.0 Å². The minimum Gasteiger partial charge on any atom is -0.357 e. The molecular weight excluding hydrogens is 445 g/mol. The summed E-state index contributed by atoms with van der Waals surface area (Å²) in [5.74, 6) is 0.796. The SMILES string of the molecule is CCNC(=NCCN1C(=O)CNC1=O)NC(C)C(C)c1ccccc1.I. The molecule has 26 heavy (non-hydrogen) atoms. The average molecular weight is 473 g/mol. The van der Waals surface area contributed by atoms with E-state index in [0.717, 1.165) is 6.54 Å². The Morgan fingerprint density at radius 2 is 1.96 bits per heavy atom. The van der Waals surface area contributed by atoms with E-state index in [1.54, 1.807) is 0 Å². The highest BCUT2D eigenvalue weighted by Gasteiger charge is 2.27. The van der Waals surface area contributed by atoms with E-state index in [4.69, 9.17) is 0 Å². The van der Waals surface area contributed by atoms with E-state index < -0.39 is 0 Å². The normalized spacial score (nSPS) is 16.6. The van der Waals surface area contributed by atoms with Crippen LogP contribution in [0.3, 0.4) is 0 Å². The molecule has 7 nitrogen and oxygen atoms in total. The number of benzene rings is 1. The number of nitrogens with zero attached hydrogens (tertiary/aromatic N) is 2. The lowest BCUT2D eigenvalue weighted by atomic mass is 9.94. The smallest absolute Gasteiger partial charge is 0.324 e. The first-order chi connectivity index (χ1) is 12.0. The van der Waals surface area contributed by atoms with E-state index in [-0.39, 0.29) is 55.0 Å². The summed E-state index contributed by atoms with van der Waals surface area (Å²) in [6, 6.07) is 10.2. The number of carbonyl (C=O) groups excluding carboxylic acids is 2. The van der Waals surface area contributed by atoms with Crippen LogP contribution in [0.1, 0.15) is 32.3 Å². The maximum Gasteiger partial charge on any atom is 0.324 e. The van der Waals surface area contributed by atoms with E-state index in [1.807, 2.05) is 25.1 Å². The van der Waals surface area contributed by atoms with Crippen LogP contribution in [-0.2, 0) is 4.79 Å². The Hall–Kier alpha value is -1.84. The number of halogens is 1. The molecule has 1 fully saturated rings. The molecule has 0 bridgehead atoms. The lowest BCUT2D eigenvalue weighted by Gasteiger charge is -2.24. The van der Waals surface area contributed by atoms with E-state index in [1.165, 1.54) is 10.5 Å². The Morgan fingerprint density at radius 3 is 2.54 bits per heavy atom. The minimum absolute atomic E-state index is 0. The van der Waals surface area contributed by atoms with Crippen molar-refractivity contribution in [2.45, 2.75) is 32.7 Å². The van der Waals surface area contributed by atoms with Gasteiger partial charge in [-0.05, 0) is 19.4 Å². The number of urea groups is 1. The second-order valence-corrected chi connectivity index (χ2v) is 6.10. The predicted octanol–water partition coefficient (Wildman–Crippen LogP) is 1.90. The molecule has 144 valence electrons. The van der Waals surface area contributed by atoms with E-state index in [0.29, 0.717) is 18.4 Å². The molecule has 1 saturated heterocycles. The number of rotatable bonds is 7. The molecule has 0 radical (unpaired) electrons. The summed E-state index contributed by atoms with van der Waals surface area (Å²) in [6.45, 7) is 7.74. The van der Waals surface area contributed by atoms with Crippen molar-refractivity contribution in [2.24, 2.45) is 4.99 Å². The largest absolute Gasteiger partial charge is 0.357 e. The number of aliphatic imine (C=N–C) groups is 1. The lowest BCUT2D eigenvalue weighted by molar-refractivity contribution is -0.124. The van der Waals surface area contributed by atoms with Crippen LogP contribution in [0.2, 0.25) is 0 Å². The number of imide groups is 1. The molecule has 1 aromatic carbocycles. The van der Waals surface area contributed by atoms with Crippen molar-refractivity contribution < 1.29 is 9.59 Å². The van der Waals surface area contributed by atoms with Gasteiger partial charge in [-0.15, -0.1) is 24.0 Å². The van der Waals surface area contributed by atoms with E-state index in [9.17, 15) is 9.59 Å².